The van der Waals surface area contributed by atoms with E-state index in [0.717, 1.165) is 0 Å². The van der Waals surface area contributed by atoms with E-state index in [9.17, 15) is 19.1 Å². The van der Waals surface area contributed by atoms with Crippen molar-refractivity contribution >= 4 is 32.1 Å². The van der Waals surface area contributed by atoms with Gasteiger partial charge < -0.3 is 19.3 Å². The Bertz CT molecular complexity index is 888. The fourth-order valence-corrected chi connectivity index (χ4v) is 3.05. The molecule has 0 radical (unpaired) electrons. The van der Waals surface area contributed by atoms with Gasteiger partial charge in [-0.1, -0.05) is 13.8 Å². The molecular weight excluding hydrogens is 384 g/mol. The van der Waals surface area contributed by atoms with Crippen molar-refractivity contribution in [2.45, 2.75) is 38.5 Å². The number of imidazole rings is 1. The standard InChI is InChI=1S/C14H19FN5O6P/c1-5(2)11(22)18-14-17-10-8(12(23)19-14)16-4-20(10)13-9(26-27-24)7(15)6(3-21)25-13/h4-7,9,13,21,24,27H,3H2,1-2H3,(H2,17,18,19,22,23)/t6-,7-,9-,13-/m1/s1. The summed E-state index contributed by atoms with van der Waals surface area (Å²) in [7, 11) is -1.01. The highest BCUT2D eigenvalue weighted by Gasteiger charge is 2.47. The van der Waals surface area contributed by atoms with Crippen molar-refractivity contribution in [3.05, 3.63) is 16.7 Å². The largest absolute Gasteiger partial charge is 0.394 e. The van der Waals surface area contributed by atoms with Crippen LogP contribution in [-0.4, -0.2) is 60.4 Å². The van der Waals surface area contributed by atoms with Crippen LogP contribution in [0.25, 0.3) is 11.2 Å². The van der Waals surface area contributed by atoms with Crippen molar-refractivity contribution in [3.63, 3.8) is 0 Å². The van der Waals surface area contributed by atoms with E-state index in [1.165, 1.54) is 10.9 Å². The lowest BCUT2D eigenvalue weighted by molar-refractivity contribution is -0.118. The van der Waals surface area contributed by atoms with E-state index >= 15 is 0 Å². The Morgan fingerprint density at radius 3 is 2.96 bits per heavy atom. The number of hydrogen-bond donors (Lipinski definition) is 4. The van der Waals surface area contributed by atoms with Gasteiger partial charge in [-0.25, -0.2) is 9.37 Å². The molecule has 0 aliphatic carbocycles. The van der Waals surface area contributed by atoms with E-state index in [-0.39, 0.29) is 28.9 Å². The molecule has 3 heterocycles. The smallest absolute Gasteiger partial charge is 0.280 e. The van der Waals surface area contributed by atoms with Crippen molar-refractivity contribution in [3.8, 4) is 0 Å². The minimum atomic E-state index is -1.71. The lowest BCUT2D eigenvalue weighted by Gasteiger charge is -2.19. The van der Waals surface area contributed by atoms with Crippen LogP contribution in [0.3, 0.4) is 0 Å². The molecule has 27 heavy (non-hydrogen) atoms. The molecule has 1 aliphatic heterocycles. The van der Waals surface area contributed by atoms with Crippen LogP contribution in [0, 0.1) is 5.92 Å². The molecular formula is C14H19FN5O6P. The molecule has 0 bridgehead atoms. The Hall–Kier alpha value is -1.98. The molecule has 0 spiro atoms. The third-order valence-corrected chi connectivity index (χ3v) is 4.48. The van der Waals surface area contributed by atoms with Crippen molar-refractivity contribution in [1.82, 2.24) is 19.5 Å². The number of carbonyl (C=O) groups excluding carboxylic acids is 1. The van der Waals surface area contributed by atoms with E-state index in [4.69, 9.17) is 14.2 Å². The van der Waals surface area contributed by atoms with E-state index in [1.54, 1.807) is 13.8 Å². The average Bonchev–Trinajstić information content (AvgIpc) is 3.17. The number of carbonyl (C=O) groups is 1. The summed E-state index contributed by atoms with van der Waals surface area (Å²) in [5.74, 6) is -0.787. The number of halogens is 1. The predicted molar refractivity (Wildman–Crippen MR) is 92.9 cm³/mol. The number of aromatic nitrogens is 4. The Labute approximate surface area is 153 Å². The fourth-order valence-electron chi connectivity index (χ4n) is 2.68. The Morgan fingerprint density at radius 2 is 2.33 bits per heavy atom. The van der Waals surface area contributed by atoms with Gasteiger partial charge in [-0.05, 0) is 0 Å². The zero-order valence-corrected chi connectivity index (χ0v) is 15.4. The van der Waals surface area contributed by atoms with Gasteiger partial charge in [-0.15, -0.1) is 0 Å². The van der Waals surface area contributed by atoms with Crippen molar-refractivity contribution in [2.75, 3.05) is 11.9 Å². The second-order valence-electron chi connectivity index (χ2n) is 6.25. The molecule has 3 rings (SSSR count). The fraction of sp³-hybridized carbons (Fsp3) is 0.571. The van der Waals surface area contributed by atoms with E-state index in [2.05, 4.69) is 20.3 Å². The highest BCUT2D eigenvalue weighted by Crippen LogP contribution is 2.37. The van der Waals surface area contributed by atoms with Gasteiger partial charge in [0.25, 0.3) is 5.56 Å². The summed E-state index contributed by atoms with van der Waals surface area (Å²) >= 11 is 0. The summed E-state index contributed by atoms with van der Waals surface area (Å²) in [5, 5.41) is 11.7. The van der Waals surface area contributed by atoms with E-state index < -0.39 is 45.8 Å². The van der Waals surface area contributed by atoms with Crippen LogP contribution in [0.2, 0.25) is 0 Å². The Morgan fingerprint density at radius 1 is 1.59 bits per heavy atom. The zero-order valence-electron chi connectivity index (χ0n) is 14.4. The van der Waals surface area contributed by atoms with Gasteiger partial charge in [-0.2, -0.15) is 4.98 Å². The van der Waals surface area contributed by atoms with Crippen LogP contribution >= 0.6 is 9.03 Å². The minimum absolute atomic E-state index is 0.0310. The normalized spacial score (nSPS) is 25.9. The molecule has 1 amide bonds. The molecule has 1 unspecified atom stereocenters. The quantitative estimate of drug-likeness (QED) is 0.485. The second kappa shape index (κ2) is 7.95. The van der Waals surface area contributed by atoms with Crippen LogP contribution in [0.15, 0.2) is 11.1 Å². The van der Waals surface area contributed by atoms with Crippen molar-refractivity contribution < 1.29 is 28.4 Å². The highest BCUT2D eigenvalue weighted by atomic mass is 31.1. The minimum Gasteiger partial charge on any atom is -0.394 e. The SMILES string of the molecule is CC(C)C(=O)Nc1nc2c(ncn2[C@@H]2O[C@H](CO)[C@@H](F)[C@H]2OPO)c(=O)[nH]1. The predicted octanol–water partition coefficient (Wildman–Crippen LogP) is -0.172. The average molecular weight is 403 g/mol. The molecule has 0 saturated carbocycles. The van der Waals surface area contributed by atoms with Gasteiger partial charge >= 0.3 is 0 Å². The van der Waals surface area contributed by atoms with Crippen LogP contribution in [0.1, 0.15) is 20.1 Å². The number of amides is 1. The number of hydrogen-bond acceptors (Lipinski definition) is 8. The number of nitrogens with one attached hydrogen (secondary N) is 2. The third kappa shape index (κ3) is 3.71. The molecule has 4 N–H and O–H groups in total. The maximum Gasteiger partial charge on any atom is 0.280 e. The van der Waals surface area contributed by atoms with Crippen molar-refractivity contribution in [1.29, 1.82) is 0 Å². The van der Waals surface area contributed by atoms with Crippen LogP contribution < -0.4 is 10.9 Å². The number of alkyl halides is 1. The number of rotatable bonds is 6. The molecule has 2 aromatic rings. The van der Waals surface area contributed by atoms with Gasteiger partial charge in [0.2, 0.25) is 11.9 Å². The number of ether oxygens (including phenoxy) is 1. The third-order valence-electron chi connectivity index (χ3n) is 4.11. The summed E-state index contributed by atoms with van der Waals surface area (Å²) in [6.45, 7) is 2.76. The van der Waals surface area contributed by atoms with Crippen LogP contribution in [-0.2, 0) is 14.1 Å². The molecule has 11 nitrogen and oxygen atoms in total. The van der Waals surface area contributed by atoms with Gasteiger partial charge in [0.05, 0.1) is 12.9 Å². The molecule has 2 aromatic heterocycles. The maximum absolute atomic E-state index is 14.4. The topological polar surface area (TPSA) is 152 Å². The first kappa shape index (κ1) is 19.8. The number of H-pyrrole nitrogens is 1. The first-order valence-electron chi connectivity index (χ1n) is 8.10. The Kier molecular flexibility index (Phi) is 5.82. The van der Waals surface area contributed by atoms with Gasteiger partial charge in [-0.3, -0.25) is 24.5 Å². The summed E-state index contributed by atoms with van der Waals surface area (Å²) in [4.78, 5) is 43.7. The highest BCUT2D eigenvalue weighted by molar-refractivity contribution is 7.25. The summed E-state index contributed by atoms with van der Waals surface area (Å²) in [6, 6.07) is 0. The molecule has 13 heteroatoms. The summed E-state index contributed by atoms with van der Waals surface area (Å²) in [5.41, 5.74) is -0.620. The molecule has 148 valence electrons. The number of anilines is 1. The first-order valence-corrected chi connectivity index (χ1v) is 8.95. The number of aliphatic hydroxyl groups is 1. The van der Waals surface area contributed by atoms with Crippen molar-refractivity contribution in [2.24, 2.45) is 5.92 Å². The Balaban J connectivity index is 2.02. The maximum atomic E-state index is 14.4. The van der Waals surface area contributed by atoms with E-state index in [1.807, 2.05) is 0 Å². The van der Waals surface area contributed by atoms with Crippen LogP contribution in [0.4, 0.5) is 10.3 Å². The van der Waals surface area contributed by atoms with Crippen LogP contribution in [0.5, 0.6) is 0 Å². The first-order chi connectivity index (χ1) is 12.9. The zero-order chi connectivity index (χ0) is 19.7. The lowest BCUT2D eigenvalue weighted by atomic mass is 10.1. The number of fused-ring (bicyclic) bond motifs is 1. The number of aliphatic hydroxyl groups excluding tert-OH is 1. The molecule has 1 aliphatic rings. The summed E-state index contributed by atoms with van der Waals surface area (Å²) < 4.78 is 26.2. The molecule has 0 aromatic carbocycles. The molecule has 1 fully saturated rings. The second-order valence-corrected chi connectivity index (χ2v) is 6.67. The monoisotopic (exact) mass is 403 g/mol. The number of nitrogens with zero attached hydrogens (tertiary/aromatic N) is 3. The van der Waals surface area contributed by atoms with Gasteiger partial charge in [0.15, 0.2) is 32.6 Å². The lowest BCUT2D eigenvalue weighted by Crippen LogP contribution is -2.30. The molecule has 1 saturated heterocycles. The van der Waals surface area contributed by atoms with Gasteiger partial charge in [0.1, 0.15) is 12.2 Å². The summed E-state index contributed by atoms with van der Waals surface area (Å²) in [6.07, 6.45) is -4.02. The van der Waals surface area contributed by atoms with Gasteiger partial charge in [0, 0.05) is 5.92 Å². The molecule has 5 atom stereocenters. The van der Waals surface area contributed by atoms with E-state index in [0.29, 0.717) is 0 Å². The number of aromatic amines is 1.